The van der Waals surface area contributed by atoms with Crippen molar-refractivity contribution < 1.29 is 17.7 Å². The largest absolute Gasteiger partial charge is 0.396 e. The predicted octanol–water partition coefficient (Wildman–Crippen LogP) is -0.847. The van der Waals surface area contributed by atoms with Crippen LogP contribution in [0, 0.1) is 0 Å². The number of aliphatic hydroxyl groups is 1. The molecule has 7 heteroatoms. The molecule has 1 rings (SSSR count). The van der Waals surface area contributed by atoms with Crippen molar-refractivity contribution in [2.45, 2.75) is 12.8 Å². The number of rotatable bonds is 5. The summed E-state index contributed by atoms with van der Waals surface area (Å²) in [7, 11) is -4.04. The zero-order valence-corrected chi connectivity index (χ0v) is 10.2. The molecule has 1 aliphatic rings. The molecule has 0 unspecified atom stereocenters. The van der Waals surface area contributed by atoms with Crippen LogP contribution in [0.5, 0.6) is 0 Å². The van der Waals surface area contributed by atoms with E-state index in [-0.39, 0.29) is 12.4 Å². The van der Waals surface area contributed by atoms with Crippen molar-refractivity contribution in [1.82, 2.24) is 4.31 Å². The molecule has 0 atom stereocenters. The van der Waals surface area contributed by atoms with E-state index in [1.54, 1.807) is 0 Å². The Morgan fingerprint density at radius 2 is 1.80 bits per heavy atom. The second-order valence-electron chi connectivity index (χ2n) is 3.49. The van der Waals surface area contributed by atoms with Crippen molar-refractivity contribution in [3.63, 3.8) is 0 Å². The average Bonchev–Trinajstić information content (AvgIpc) is 2.18. The zero-order chi connectivity index (χ0) is 11.3. The second kappa shape index (κ2) is 5.93. The number of unbranched alkanes of at least 4 members (excludes halogenated alkanes) is 1. The zero-order valence-electron chi connectivity index (χ0n) is 8.59. The minimum Gasteiger partial charge on any atom is -0.396 e. The topological polar surface area (TPSA) is 74.7 Å². The molecular formula is C8H17NO4S2. The summed E-state index contributed by atoms with van der Waals surface area (Å²) in [5.41, 5.74) is 0. The van der Waals surface area contributed by atoms with Crippen LogP contribution in [0.25, 0.3) is 0 Å². The number of aliphatic hydroxyl groups excluding tert-OH is 1. The van der Waals surface area contributed by atoms with Gasteiger partial charge in [0.05, 0.1) is 5.75 Å². The number of hydrogen-bond acceptors (Lipinski definition) is 4. The molecule has 90 valence electrons. The van der Waals surface area contributed by atoms with E-state index in [9.17, 15) is 12.6 Å². The molecule has 0 amide bonds. The van der Waals surface area contributed by atoms with Crippen molar-refractivity contribution in [2.24, 2.45) is 0 Å². The van der Waals surface area contributed by atoms with Gasteiger partial charge in [-0.2, -0.15) is 0 Å². The van der Waals surface area contributed by atoms with Crippen molar-refractivity contribution in [2.75, 3.05) is 37.0 Å². The standard InChI is InChI=1S/C8H17NO4S2/c10-5-1-2-8-15(12,13)9-3-6-14(11)7-4-9/h10H,1-8H2. The maximum absolute atomic E-state index is 11.7. The Morgan fingerprint density at radius 3 is 2.33 bits per heavy atom. The molecule has 0 bridgehead atoms. The lowest BCUT2D eigenvalue weighted by Crippen LogP contribution is -2.42. The van der Waals surface area contributed by atoms with Crippen LogP contribution in [0.2, 0.25) is 0 Å². The number of hydrogen-bond donors (Lipinski definition) is 1. The Bertz CT molecular complexity index is 305. The van der Waals surface area contributed by atoms with Gasteiger partial charge in [0.1, 0.15) is 0 Å². The first-order valence-corrected chi connectivity index (χ1v) is 8.09. The van der Waals surface area contributed by atoms with E-state index in [4.69, 9.17) is 5.11 Å². The van der Waals surface area contributed by atoms with Gasteiger partial charge in [0.2, 0.25) is 10.0 Å². The van der Waals surface area contributed by atoms with Gasteiger partial charge < -0.3 is 5.11 Å². The lowest BCUT2D eigenvalue weighted by atomic mass is 10.4. The predicted molar refractivity (Wildman–Crippen MR) is 59.6 cm³/mol. The highest BCUT2D eigenvalue weighted by Gasteiger charge is 2.25. The molecule has 15 heavy (non-hydrogen) atoms. The molecule has 1 saturated heterocycles. The molecule has 0 aromatic heterocycles. The highest BCUT2D eigenvalue weighted by molar-refractivity contribution is 7.89. The van der Waals surface area contributed by atoms with Crippen LogP contribution in [0.4, 0.5) is 0 Å². The van der Waals surface area contributed by atoms with Crippen molar-refractivity contribution in [3.05, 3.63) is 0 Å². The normalized spacial score (nSPS) is 20.6. The van der Waals surface area contributed by atoms with Crippen LogP contribution in [-0.4, -0.2) is 59.0 Å². The summed E-state index contributed by atoms with van der Waals surface area (Å²) in [5.74, 6) is 0.971. The van der Waals surface area contributed by atoms with Crippen LogP contribution in [0.3, 0.4) is 0 Å². The fraction of sp³-hybridized carbons (Fsp3) is 1.00. The minimum absolute atomic E-state index is 0.0273. The van der Waals surface area contributed by atoms with E-state index in [1.165, 1.54) is 4.31 Å². The molecule has 0 aromatic rings. The quantitative estimate of drug-likeness (QED) is 0.650. The van der Waals surface area contributed by atoms with Crippen LogP contribution < -0.4 is 0 Å². The minimum atomic E-state index is -3.19. The average molecular weight is 255 g/mol. The van der Waals surface area contributed by atoms with Crippen molar-refractivity contribution in [1.29, 1.82) is 0 Å². The first-order chi connectivity index (χ1) is 7.06. The molecule has 0 aliphatic carbocycles. The molecule has 1 aliphatic heterocycles. The summed E-state index contributed by atoms with van der Waals surface area (Å²) in [6, 6.07) is 0. The Balaban J connectivity index is 2.43. The molecular weight excluding hydrogens is 238 g/mol. The van der Waals surface area contributed by atoms with E-state index < -0.39 is 20.8 Å². The maximum Gasteiger partial charge on any atom is 0.214 e. The third-order valence-corrected chi connectivity index (χ3v) is 5.57. The van der Waals surface area contributed by atoms with Crippen LogP contribution in [0.1, 0.15) is 12.8 Å². The first kappa shape index (κ1) is 13.1. The lowest BCUT2D eigenvalue weighted by molar-refractivity contribution is 0.287. The monoisotopic (exact) mass is 255 g/mol. The molecule has 1 N–H and O–H groups in total. The van der Waals surface area contributed by atoms with Gasteiger partial charge in [0, 0.05) is 42.0 Å². The highest BCUT2D eigenvalue weighted by atomic mass is 32.2. The third-order valence-electron chi connectivity index (χ3n) is 2.34. The second-order valence-corrected chi connectivity index (χ2v) is 7.28. The van der Waals surface area contributed by atoms with E-state index in [0.29, 0.717) is 37.4 Å². The summed E-state index contributed by atoms with van der Waals surface area (Å²) in [5, 5.41) is 8.56. The molecule has 0 spiro atoms. The van der Waals surface area contributed by atoms with Gasteiger partial charge in [0.15, 0.2) is 0 Å². The maximum atomic E-state index is 11.7. The molecule has 0 aromatic carbocycles. The van der Waals surface area contributed by atoms with Gasteiger partial charge in [-0.3, -0.25) is 4.21 Å². The summed E-state index contributed by atoms with van der Waals surface area (Å²) in [6.07, 6.45) is 0.997. The van der Waals surface area contributed by atoms with Gasteiger partial charge in [-0.05, 0) is 12.8 Å². The van der Waals surface area contributed by atoms with Crippen molar-refractivity contribution in [3.8, 4) is 0 Å². The number of sulfonamides is 1. The smallest absolute Gasteiger partial charge is 0.214 e. The Morgan fingerprint density at radius 1 is 1.20 bits per heavy atom. The first-order valence-electron chi connectivity index (χ1n) is 5.00. The van der Waals surface area contributed by atoms with Gasteiger partial charge in [-0.15, -0.1) is 0 Å². The van der Waals surface area contributed by atoms with Crippen LogP contribution in [0.15, 0.2) is 0 Å². The van der Waals surface area contributed by atoms with Crippen LogP contribution >= 0.6 is 0 Å². The van der Waals surface area contributed by atoms with E-state index in [1.807, 2.05) is 0 Å². The Kier molecular flexibility index (Phi) is 5.17. The summed E-state index contributed by atoms with van der Waals surface area (Å²) >= 11 is 0. The van der Waals surface area contributed by atoms with E-state index >= 15 is 0 Å². The highest BCUT2D eigenvalue weighted by Crippen LogP contribution is 2.09. The van der Waals surface area contributed by atoms with Crippen molar-refractivity contribution >= 4 is 20.8 Å². The molecule has 1 fully saturated rings. The Hall–Kier alpha value is 0.0200. The summed E-state index contributed by atoms with van der Waals surface area (Å²) in [6.45, 7) is 0.766. The lowest BCUT2D eigenvalue weighted by Gasteiger charge is -2.25. The molecule has 0 saturated carbocycles. The molecule has 0 radical (unpaired) electrons. The Labute approximate surface area is 93.0 Å². The summed E-state index contributed by atoms with van der Waals surface area (Å²) in [4.78, 5) is 0. The molecule has 5 nitrogen and oxygen atoms in total. The summed E-state index contributed by atoms with van der Waals surface area (Å²) < 4.78 is 35.9. The number of nitrogens with zero attached hydrogens (tertiary/aromatic N) is 1. The van der Waals surface area contributed by atoms with E-state index in [0.717, 1.165) is 0 Å². The SMILES string of the molecule is O=S1CCN(S(=O)(=O)CCCCO)CC1. The van der Waals surface area contributed by atoms with Gasteiger partial charge in [-0.25, -0.2) is 12.7 Å². The van der Waals surface area contributed by atoms with Gasteiger partial charge in [-0.1, -0.05) is 0 Å². The third kappa shape index (κ3) is 4.18. The van der Waals surface area contributed by atoms with Gasteiger partial charge in [0.25, 0.3) is 0 Å². The molecule has 1 heterocycles. The van der Waals surface area contributed by atoms with Gasteiger partial charge >= 0.3 is 0 Å². The fourth-order valence-corrected chi connectivity index (χ4v) is 4.27. The van der Waals surface area contributed by atoms with E-state index in [2.05, 4.69) is 0 Å². The van der Waals surface area contributed by atoms with Crippen LogP contribution in [-0.2, 0) is 20.8 Å². The fourth-order valence-electron chi connectivity index (χ4n) is 1.42.